The van der Waals surface area contributed by atoms with Gasteiger partial charge in [-0.1, -0.05) is 47.5 Å². The Morgan fingerprint density at radius 1 is 1.15 bits per heavy atom. The lowest BCUT2D eigenvalue weighted by Gasteiger charge is -2.10. The van der Waals surface area contributed by atoms with Gasteiger partial charge in [-0.2, -0.15) is 0 Å². The number of benzene rings is 2. The second-order valence-corrected chi connectivity index (χ2v) is 7.83. The van der Waals surface area contributed by atoms with E-state index in [1.807, 2.05) is 37.3 Å². The van der Waals surface area contributed by atoms with E-state index in [1.165, 1.54) is 0 Å². The summed E-state index contributed by atoms with van der Waals surface area (Å²) in [6, 6.07) is 13.0. The Morgan fingerprint density at radius 3 is 2.45 bits per heavy atom. The van der Waals surface area contributed by atoms with Crippen molar-refractivity contribution in [1.82, 2.24) is 0 Å². The number of aryl methyl sites for hydroxylation is 3. The fraction of sp³-hybridized carbons (Fsp3) is 0.200. The third-order valence-corrected chi connectivity index (χ3v) is 4.98. The summed E-state index contributed by atoms with van der Waals surface area (Å²) in [6.07, 6.45) is 1.34. The monoisotopic (exact) mass is 326 g/mol. The van der Waals surface area contributed by atoms with Gasteiger partial charge in [-0.15, -0.1) is 0 Å². The molecule has 0 aromatic heterocycles. The topological polar surface area (TPSA) is 37.3 Å². The van der Waals surface area contributed by atoms with E-state index in [0.717, 1.165) is 16.7 Å². The van der Waals surface area contributed by atoms with E-state index < -0.39 is 8.77 Å². The van der Waals surface area contributed by atoms with E-state index >= 15 is 0 Å². The largest absolute Gasteiger partial charge is 0.302 e. The zero-order valence-corrected chi connectivity index (χ0v) is 13.4. The van der Waals surface area contributed by atoms with Gasteiger partial charge >= 0.3 is 0 Å². The van der Waals surface area contributed by atoms with Gasteiger partial charge in [0, 0.05) is 16.2 Å². The highest BCUT2D eigenvalue weighted by Gasteiger charge is 2.12. The van der Waals surface area contributed by atoms with Crippen LogP contribution < -0.4 is 0 Å². The number of rotatable bonds is 4. The van der Waals surface area contributed by atoms with E-state index in [2.05, 4.69) is 0 Å². The third-order valence-electron chi connectivity index (χ3n) is 3.12. The van der Waals surface area contributed by atoms with Crippen LogP contribution in [-0.2, 0) is 32.8 Å². The molecule has 2 aromatic rings. The molecule has 0 saturated heterocycles. The molecular formula is C15H15ClO2S2. The maximum absolute atomic E-state index is 11.7. The Hall–Kier alpha value is -0.940. The molecule has 1 atom stereocenters. The average molecular weight is 327 g/mol. The zero-order valence-electron chi connectivity index (χ0n) is 11.0. The van der Waals surface area contributed by atoms with Crippen molar-refractivity contribution >= 4 is 31.6 Å². The van der Waals surface area contributed by atoms with Gasteiger partial charge < -0.3 is 4.55 Å². The standard InChI is InChI=1S/C15H15ClO2S2/c1-11-6-9-15(20(17,18)19)13(10-11)8-7-12-4-2-3-5-14(12)16/h2-6,9-10H,7-8H2,1H3,(H,17,18,19). The molecule has 1 N–H and O–H groups in total. The summed E-state index contributed by atoms with van der Waals surface area (Å²) in [4.78, 5) is 0.338. The van der Waals surface area contributed by atoms with Crippen molar-refractivity contribution in [3.63, 3.8) is 0 Å². The molecule has 2 rings (SSSR count). The summed E-state index contributed by atoms with van der Waals surface area (Å²) in [5.74, 6) is 0. The lowest BCUT2D eigenvalue weighted by Crippen LogP contribution is -2.04. The first-order chi connectivity index (χ1) is 9.38. The van der Waals surface area contributed by atoms with Crippen LogP contribution in [0.5, 0.6) is 0 Å². The highest BCUT2D eigenvalue weighted by molar-refractivity contribution is 8.29. The van der Waals surface area contributed by atoms with Crippen molar-refractivity contribution in [2.75, 3.05) is 0 Å². The molecule has 20 heavy (non-hydrogen) atoms. The Morgan fingerprint density at radius 2 is 1.80 bits per heavy atom. The summed E-state index contributed by atoms with van der Waals surface area (Å²) in [6.45, 7) is 1.95. The van der Waals surface area contributed by atoms with Crippen LogP contribution in [0.1, 0.15) is 16.7 Å². The molecule has 0 spiro atoms. The van der Waals surface area contributed by atoms with Crippen molar-refractivity contribution in [3.05, 3.63) is 64.2 Å². The minimum absolute atomic E-state index is 0.338. The van der Waals surface area contributed by atoms with Crippen LogP contribution in [0, 0.1) is 6.92 Å². The minimum Gasteiger partial charge on any atom is -0.302 e. The summed E-state index contributed by atoms with van der Waals surface area (Å²) in [5.41, 5.74) is 2.88. The lowest BCUT2D eigenvalue weighted by molar-refractivity contribution is 0.560. The zero-order chi connectivity index (χ0) is 14.8. The minimum atomic E-state index is -3.36. The maximum Gasteiger partial charge on any atom is 0.171 e. The molecule has 2 aromatic carbocycles. The van der Waals surface area contributed by atoms with Crippen LogP contribution in [0.2, 0.25) is 5.02 Å². The molecule has 0 aliphatic rings. The first-order valence-electron chi connectivity index (χ1n) is 6.18. The molecule has 1 unspecified atom stereocenters. The van der Waals surface area contributed by atoms with Crippen LogP contribution in [-0.4, -0.2) is 8.76 Å². The number of hydrogen-bond donors (Lipinski definition) is 1. The fourth-order valence-electron chi connectivity index (χ4n) is 2.13. The van der Waals surface area contributed by atoms with Gasteiger partial charge in [-0.3, -0.25) is 0 Å². The average Bonchev–Trinajstić information content (AvgIpc) is 2.36. The van der Waals surface area contributed by atoms with Crippen LogP contribution in [0.15, 0.2) is 47.4 Å². The summed E-state index contributed by atoms with van der Waals surface area (Å²) in [7, 11) is -3.36. The van der Waals surface area contributed by atoms with Crippen molar-refractivity contribution < 1.29 is 8.76 Å². The predicted octanol–water partition coefficient (Wildman–Crippen LogP) is 4.01. The quantitative estimate of drug-likeness (QED) is 0.922. The summed E-state index contributed by atoms with van der Waals surface area (Å²) < 4.78 is 21.4. The highest BCUT2D eigenvalue weighted by Crippen LogP contribution is 2.22. The molecule has 0 heterocycles. The fourth-order valence-corrected chi connectivity index (χ4v) is 3.58. The molecule has 0 aliphatic carbocycles. The first kappa shape index (κ1) is 15.4. The van der Waals surface area contributed by atoms with Crippen LogP contribution in [0.3, 0.4) is 0 Å². The van der Waals surface area contributed by atoms with Crippen LogP contribution in [0.4, 0.5) is 0 Å². The second kappa shape index (κ2) is 6.22. The molecule has 0 aliphatic heterocycles. The molecule has 2 nitrogen and oxygen atoms in total. The van der Waals surface area contributed by atoms with E-state index in [9.17, 15) is 8.76 Å². The Balaban J connectivity index is 2.30. The second-order valence-electron chi connectivity index (χ2n) is 4.68. The molecule has 0 fully saturated rings. The molecular weight excluding hydrogens is 312 g/mol. The van der Waals surface area contributed by atoms with Crippen molar-refractivity contribution in [3.8, 4) is 0 Å². The smallest absolute Gasteiger partial charge is 0.171 e. The normalized spacial score (nSPS) is 13.9. The third kappa shape index (κ3) is 3.79. The van der Waals surface area contributed by atoms with E-state index in [0.29, 0.717) is 22.8 Å². The summed E-state index contributed by atoms with van der Waals surface area (Å²) >= 11 is 10.8. The van der Waals surface area contributed by atoms with Gasteiger partial charge in [-0.05, 0) is 43.0 Å². The Labute approximate surface area is 129 Å². The van der Waals surface area contributed by atoms with Crippen LogP contribution >= 0.6 is 11.6 Å². The van der Waals surface area contributed by atoms with Crippen molar-refractivity contribution in [1.29, 1.82) is 0 Å². The maximum atomic E-state index is 11.7. The van der Waals surface area contributed by atoms with Gasteiger partial charge in [0.15, 0.2) is 8.77 Å². The van der Waals surface area contributed by atoms with Crippen molar-refractivity contribution in [2.45, 2.75) is 24.7 Å². The van der Waals surface area contributed by atoms with Crippen LogP contribution in [0.25, 0.3) is 0 Å². The summed E-state index contributed by atoms with van der Waals surface area (Å²) in [5, 5.41) is 0.713. The van der Waals surface area contributed by atoms with Gasteiger partial charge in [0.2, 0.25) is 0 Å². The van der Waals surface area contributed by atoms with Crippen molar-refractivity contribution in [2.24, 2.45) is 0 Å². The molecule has 5 heteroatoms. The van der Waals surface area contributed by atoms with Gasteiger partial charge in [0.25, 0.3) is 0 Å². The van der Waals surface area contributed by atoms with Gasteiger partial charge in [-0.25, -0.2) is 4.21 Å². The molecule has 0 bridgehead atoms. The highest BCUT2D eigenvalue weighted by atomic mass is 35.5. The molecule has 106 valence electrons. The number of hydrogen-bond acceptors (Lipinski definition) is 2. The van der Waals surface area contributed by atoms with E-state index in [-0.39, 0.29) is 0 Å². The first-order valence-corrected chi connectivity index (χ1v) is 9.00. The lowest BCUT2D eigenvalue weighted by atomic mass is 10.0. The van der Waals surface area contributed by atoms with E-state index in [1.54, 1.807) is 12.1 Å². The molecule has 0 amide bonds. The van der Waals surface area contributed by atoms with Gasteiger partial charge in [0.1, 0.15) is 0 Å². The Bertz CT molecular complexity index is 724. The molecule has 0 radical (unpaired) electrons. The Kier molecular flexibility index (Phi) is 4.81. The number of halogens is 1. The SMILES string of the molecule is Cc1ccc(S(=O)(O)=S)c(CCc2ccccc2Cl)c1. The van der Waals surface area contributed by atoms with E-state index in [4.69, 9.17) is 22.8 Å². The molecule has 0 saturated carbocycles. The van der Waals surface area contributed by atoms with Gasteiger partial charge in [0.05, 0.1) is 4.90 Å². The predicted molar refractivity (Wildman–Crippen MR) is 86.4 cm³/mol.